The third-order valence-corrected chi connectivity index (χ3v) is 3.41. The summed E-state index contributed by atoms with van der Waals surface area (Å²) in [7, 11) is 3.18. The van der Waals surface area contributed by atoms with E-state index >= 15 is 0 Å². The van der Waals surface area contributed by atoms with Gasteiger partial charge in [-0.1, -0.05) is 0 Å². The summed E-state index contributed by atoms with van der Waals surface area (Å²) in [6.07, 6.45) is 0.939. The molecule has 2 aromatic rings. The molecule has 2 aromatic carbocycles. The fourth-order valence-electron chi connectivity index (χ4n) is 2.08. The van der Waals surface area contributed by atoms with Crippen molar-refractivity contribution in [1.29, 1.82) is 0 Å². The summed E-state index contributed by atoms with van der Waals surface area (Å²) in [6.45, 7) is 0.452. The first-order valence-electron chi connectivity index (χ1n) is 7.62. The Labute approximate surface area is 141 Å². The zero-order valence-corrected chi connectivity index (χ0v) is 13.9. The highest BCUT2D eigenvalue weighted by atomic mass is 16.5. The van der Waals surface area contributed by atoms with Crippen molar-refractivity contribution in [2.24, 2.45) is 0 Å². The minimum absolute atomic E-state index is 0.117. The summed E-state index contributed by atoms with van der Waals surface area (Å²) < 4.78 is 15.8. The third-order valence-electron chi connectivity index (χ3n) is 3.41. The molecule has 0 unspecified atom stereocenters. The lowest BCUT2D eigenvalue weighted by Gasteiger charge is -2.10. The van der Waals surface area contributed by atoms with E-state index in [2.05, 4.69) is 5.32 Å². The second-order valence-corrected chi connectivity index (χ2v) is 5.13. The van der Waals surface area contributed by atoms with Crippen molar-refractivity contribution >= 4 is 17.3 Å². The van der Waals surface area contributed by atoms with Crippen molar-refractivity contribution in [3.8, 4) is 17.2 Å². The highest BCUT2D eigenvalue weighted by Gasteiger charge is 2.07. The van der Waals surface area contributed by atoms with E-state index in [4.69, 9.17) is 19.9 Å². The largest absolute Gasteiger partial charge is 0.497 e. The van der Waals surface area contributed by atoms with E-state index in [1.807, 2.05) is 24.3 Å². The molecule has 0 saturated carbocycles. The van der Waals surface area contributed by atoms with Gasteiger partial charge in [0.2, 0.25) is 5.91 Å². The fourth-order valence-corrected chi connectivity index (χ4v) is 2.08. The highest BCUT2D eigenvalue weighted by molar-refractivity contribution is 5.94. The van der Waals surface area contributed by atoms with E-state index in [9.17, 15) is 4.79 Å². The number of nitrogens with two attached hydrogens (primary N) is 1. The molecular formula is C18H22N2O4. The Bertz CT molecular complexity index is 671. The van der Waals surface area contributed by atoms with Crippen LogP contribution in [0.15, 0.2) is 42.5 Å². The number of anilines is 2. The Morgan fingerprint density at radius 1 is 1.00 bits per heavy atom. The first-order valence-corrected chi connectivity index (χ1v) is 7.62. The molecular weight excluding hydrogens is 308 g/mol. The number of hydrogen-bond donors (Lipinski definition) is 2. The van der Waals surface area contributed by atoms with Gasteiger partial charge < -0.3 is 25.3 Å². The van der Waals surface area contributed by atoms with E-state index in [1.165, 1.54) is 0 Å². The van der Waals surface area contributed by atoms with Crippen LogP contribution < -0.4 is 25.3 Å². The fraction of sp³-hybridized carbons (Fsp3) is 0.278. The number of methoxy groups -OCH3 is 2. The van der Waals surface area contributed by atoms with Gasteiger partial charge in [0.1, 0.15) is 17.2 Å². The molecule has 6 heteroatoms. The summed E-state index contributed by atoms with van der Waals surface area (Å²) in [4.78, 5) is 12.0. The molecule has 2 rings (SSSR count). The van der Waals surface area contributed by atoms with Crippen LogP contribution in [0, 0.1) is 0 Å². The van der Waals surface area contributed by atoms with E-state index in [1.54, 1.807) is 32.4 Å². The van der Waals surface area contributed by atoms with Gasteiger partial charge in [0.05, 0.1) is 32.2 Å². The number of nitrogens with one attached hydrogen (secondary N) is 1. The molecule has 24 heavy (non-hydrogen) atoms. The molecule has 0 fully saturated rings. The zero-order valence-electron chi connectivity index (χ0n) is 13.9. The number of ether oxygens (including phenoxy) is 3. The molecule has 128 valence electrons. The Kier molecular flexibility index (Phi) is 6.31. The van der Waals surface area contributed by atoms with Crippen LogP contribution in [0.3, 0.4) is 0 Å². The predicted octanol–water partition coefficient (Wildman–Crippen LogP) is 3.08. The maximum Gasteiger partial charge on any atom is 0.224 e. The number of nitrogen functional groups attached to an aromatic ring is 1. The maximum absolute atomic E-state index is 12.0. The van der Waals surface area contributed by atoms with Crippen LogP contribution in [0.1, 0.15) is 12.8 Å². The van der Waals surface area contributed by atoms with Crippen LogP contribution in [0.4, 0.5) is 11.4 Å². The van der Waals surface area contributed by atoms with E-state index in [-0.39, 0.29) is 5.91 Å². The standard InChI is InChI=1S/C18H22N2O4/c1-22-13-5-7-14(8-6-13)24-11-3-4-18(21)20-17-12-15(23-2)9-10-16(17)19/h5-10,12H,3-4,11,19H2,1-2H3,(H,20,21). The van der Waals surface area contributed by atoms with Crippen LogP contribution in [0.5, 0.6) is 17.2 Å². The average Bonchev–Trinajstić information content (AvgIpc) is 2.61. The summed E-state index contributed by atoms with van der Waals surface area (Å²) >= 11 is 0. The smallest absolute Gasteiger partial charge is 0.224 e. The molecule has 3 N–H and O–H groups in total. The minimum atomic E-state index is -0.117. The number of rotatable bonds is 8. The SMILES string of the molecule is COc1ccc(OCCCC(=O)Nc2cc(OC)ccc2N)cc1. The van der Waals surface area contributed by atoms with Gasteiger partial charge in [0.25, 0.3) is 0 Å². The monoisotopic (exact) mass is 330 g/mol. The van der Waals surface area contributed by atoms with Crippen LogP contribution in [-0.4, -0.2) is 26.7 Å². The highest BCUT2D eigenvalue weighted by Crippen LogP contribution is 2.24. The molecule has 6 nitrogen and oxygen atoms in total. The van der Waals surface area contributed by atoms with Gasteiger partial charge >= 0.3 is 0 Å². The maximum atomic E-state index is 12.0. The summed E-state index contributed by atoms with van der Waals surface area (Å²) in [5.74, 6) is 2.04. The van der Waals surface area contributed by atoms with Crippen molar-refractivity contribution in [3.05, 3.63) is 42.5 Å². The normalized spacial score (nSPS) is 10.1. The van der Waals surface area contributed by atoms with Gasteiger partial charge in [0, 0.05) is 12.5 Å². The van der Waals surface area contributed by atoms with Crippen molar-refractivity contribution in [3.63, 3.8) is 0 Å². The minimum Gasteiger partial charge on any atom is -0.497 e. The van der Waals surface area contributed by atoms with Crippen LogP contribution in [0.25, 0.3) is 0 Å². The Morgan fingerprint density at radius 3 is 2.29 bits per heavy atom. The quantitative estimate of drug-likeness (QED) is 0.574. The summed E-state index contributed by atoms with van der Waals surface area (Å²) in [5.41, 5.74) is 6.89. The molecule has 0 aliphatic carbocycles. The number of benzene rings is 2. The van der Waals surface area contributed by atoms with Crippen molar-refractivity contribution in [2.45, 2.75) is 12.8 Å². The van der Waals surface area contributed by atoms with Gasteiger partial charge in [-0.25, -0.2) is 0 Å². The van der Waals surface area contributed by atoms with Crippen molar-refractivity contribution in [2.75, 3.05) is 31.9 Å². The number of hydrogen-bond acceptors (Lipinski definition) is 5. The molecule has 0 aromatic heterocycles. The molecule has 0 radical (unpaired) electrons. The lowest BCUT2D eigenvalue weighted by atomic mass is 10.2. The first kappa shape index (κ1) is 17.5. The van der Waals surface area contributed by atoms with Crippen molar-refractivity contribution < 1.29 is 19.0 Å². The van der Waals surface area contributed by atoms with Crippen molar-refractivity contribution in [1.82, 2.24) is 0 Å². The summed E-state index contributed by atoms with van der Waals surface area (Å²) in [5, 5.41) is 2.78. The number of carbonyl (C=O) groups excluding carboxylic acids is 1. The van der Waals surface area contributed by atoms with E-state index < -0.39 is 0 Å². The lowest BCUT2D eigenvalue weighted by Crippen LogP contribution is -2.14. The van der Waals surface area contributed by atoms with Crippen LogP contribution in [-0.2, 0) is 4.79 Å². The molecule has 0 aliphatic heterocycles. The third kappa shape index (κ3) is 5.08. The molecule has 1 amide bonds. The zero-order chi connectivity index (χ0) is 17.4. The first-order chi connectivity index (χ1) is 11.6. The lowest BCUT2D eigenvalue weighted by molar-refractivity contribution is -0.116. The second kappa shape index (κ2) is 8.67. The molecule has 0 spiro atoms. The van der Waals surface area contributed by atoms with Gasteiger partial charge in [0.15, 0.2) is 0 Å². The van der Waals surface area contributed by atoms with E-state index in [0.29, 0.717) is 36.6 Å². The summed E-state index contributed by atoms with van der Waals surface area (Å²) in [6, 6.07) is 12.4. The van der Waals surface area contributed by atoms with E-state index in [0.717, 1.165) is 11.5 Å². The Morgan fingerprint density at radius 2 is 1.62 bits per heavy atom. The molecule has 0 bridgehead atoms. The number of amides is 1. The predicted molar refractivity (Wildman–Crippen MR) is 93.8 cm³/mol. The molecule has 0 atom stereocenters. The molecule has 0 aliphatic rings. The van der Waals surface area contributed by atoms with Gasteiger partial charge in [-0.2, -0.15) is 0 Å². The average molecular weight is 330 g/mol. The van der Waals surface area contributed by atoms with Gasteiger partial charge in [-0.15, -0.1) is 0 Å². The Balaban J connectivity index is 1.75. The topological polar surface area (TPSA) is 82.8 Å². The molecule has 0 saturated heterocycles. The van der Waals surface area contributed by atoms with Gasteiger partial charge in [-0.3, -0.25) is 4.79 Å². The van der Waals surface area contributed by atoms with Crippen LogP contribution >= 0.6 is 0 Å². The molecule has 0 heterocycles. The van der Waals surface area contributed by atoms with Gasteiger partial charge in [-0.05, 0) is 42.8 Å². The Hall–Kier alpha value is -2.89. The second-order valence-electron chi connectivity index (χ2n) is 5.13. The van der Waals surface area contributed by atoms with Crippen LogP contribution in [0.2, 0.25) is 0 Å². The number of carbonyl (C=O) groups is 1.